The summed E-state index contributed by atoms with van der Waals surface area (Å²) in [6.07, 6.45) is 0.585. The second-order valence-corrected chi connectivity index (χ2v) is 7.80. The first-order valence-electron chi connectivity index (χ1n) is 8.43. The number of methoxy groups -OCH3 is 1. The van der Waals surface area contributed by atoms with Crippen LogP contribution in [-0.4, -0.2) is 43.3 Å². The van der Waals surface area contributed by atoms with Gasteiger partial charge in [0.1, 0.15) is 4.90 Å². The van der Waals surface area contributed by atoms with E-state index < -0.39 is 22.0 Å². The van der Waals surface area contributed by atoms with Gasteiger partial charge in [-0.2, -0.15) is 4.98 Å². The van der Waals surface area contributed by atoms with Crippen LogP contribution in [0.1, 0.15) is 18.5 Å². The first-order chi connectivity index (χ1) is 13.7. The molecule has 0 aliphatic carbocycles. The molecule has 1 aromatic carbocycles. The number of amides is 3. The minimum atomic E-state index is -4.29. The van der Waals surface area contributed by atoms with Crippen LogP contribution >= 0.6 is 11.6 Å². The van der Waals surface area contributed by atoms with Crippen LogP contribution in [0.15, 0.2) is 35.2 Å². The Morgan fingerprint density at radius 2 is 1.90 bits per heavy atom. The van der Waals surface area contributed by atoms with Crippen LogP contribution in [0.5, 0.6) is 5.88 Å². The smallest absolute Gasteiger partial charge is 0.335 e. The Kier molecular flexibility index (Phi) is 7.74. The van der Waals surface area contributed by atoms with Crippen LogP contribution in [0.25, 0.3) is 0 Å². The lowest BCUT2D eigenvalue weighted by atomic mass is 10.3. The van der Waals surface area contributed by atoms with Crippen LogP contribution in [0, 0.1) is 6.92 Å². The number of carbonyl (C=O) groups excluding carboxylic acids is 2. The van der Waals surface area contributed by atoms with Crippen LogP contribution in [0.3, 0.4) is 0 Å². The predicted molar refractivity (Wildman–Crippen MR) is 108 cm³/mol. The molecule has 0 spiro atoms. The summed E-state index contributed by atoms with van der Waals surface area (Å²) < 4.78 is 32.1. The molecule has 0 bridgehead atoms. The number of para-hydroxylation sites is 1. The summed E-state index contributed by atoms with van der Waals surface area (Å²) in [5, 5.41) is 4.75. The summed E-state index contributed by atoms with van der Waals surface area (Å²) in [5.74, 6) is -0.00291. The largest absolute Gasteiger partial charge is 0.481 e. The van der Waals surface area contributed by atoms with Gasteiger partial charge in [0.2, 0.25) is 17.7 Å². The van der Waals surface area contributed by atoms with Crippen molar-refractivity contribution in [3.63, 3.8) is 0 Å². The highest BCUT2D eigenvalue weighted by Crippen LogP contribution is 2.21. The highest BCUT2D eigenvalue weighted by Gasteiger charge is 2.22. The summed E-state index contributed by atoms with van der Waals surface area (Å²) in [6.45, 7) is 1.66. The summed E-state index contributed by atoms with van der Waals surface area (Å²) in [7, 11) is -2.89. The molecule has 0 saturated carbocycles. The van der Waals surface area contributed by atoms with Crippen molar-refractivity contribution in [3.05, 3.63) is 36.0 Å². The Balaban J connectivity index is 2.16. The topological polar surface area (TPSA) is 139 Å². The lowest BCUT2D eigenvalue weighted by Gasteiger charge is -2.13. The van der Waals surface area contributed by atoms with Crippen molar-refractivity contribution in [2.24, 2.45) is 0 Å². The molecule has 0 aliphatic rings. The number of aryl methyl sites for hydroxylation is 1. The zero-order valence-corrected chi connectivity index (χ0v) is 17.3. The van der Waals surface area contributed by atoms with E-state index in [1.807, 2.05) is 4.72 Å². The highest BCUT2D eigenvalue weighted by molar-refractivity contribution is 7.90. The summed E-state index contributed by atoms with van der Waals surface area (Å²) in [6, 6.07) is 6.18. The molecule has 2 rings (SSSR count). The number of sulfonamides is 1. The van der Waals surface area contributed by atoms with Crippen molar-refractivity contribution in [3.8, 4) is 5.88 Å². The van der Waals surface area contributed by atoms with E-state index in [1.165, 1.54) is 25.3 Å². The van der Waals surface area contributed by atoms with Crippen LogP contribution in [-0.2, 0) is 14.8 Å². The number of urea groups is 1. The maximum Gasteiger partial charge on any atom is 0.335 e. The molecular weight excluding hydrogens is 422 g/mol. The third-order valence-electron chi connectivity index (χ3n) is 3.48. The molecule has 156 valence electrons. The number of hydrogen-bond donors (Lipinski definition) is 3. The molecule has 0 unspecified atom stereocenters. The maximum absolute atomic E-state index is 12.6. The molecule has 0 fully saturated rings. The van der Waals surface area contributed by atoms with E-state index in [9.17, 15) is 18.0 Å². The molecule has 29 heavy (non-hydrogen) atoms. The van der Waals surface area contributed by atoms with Gasteiger partial charge in [-0.1, -0.05) is 12.1 Å². The van der Waals surface area contributed by atoms with Crippen LogP contribution in [0.4, 0.5) is 16.4 Å². The van der Waals surface area contributed by atoms with Gasteiger partial charge in [-0.25, -0.2) is 22.9 Å². The minimum absolute atomic E-state index is 0.0425. The van der Waals surface area contributed by atoms with E-state index >= 15 is 0 Å². The summed E-state index contributed by atoms with van der Waals surface area (Å²) >= 11 is 5.56. The number of aromatic nitrogens is 2. The molecule has 3 amide bonds. The normalized spacial score (nSPS) is 10.9. The number of hydrogen-bond acceptors (Lipinski definition) is 7. The molecular formula is C17H20ClN5O5S. The van der Waals surface area contributed by atoms with Crippen molar-refractivity contribution in [2.75, 3.05) is 23.6 Å². The van der Waals surface area contributed by atoms with E-state index in [-0.39, 0.29) is 28.8 Å². The van der Waals surface area contributed by atoms with Gasteiger partial charge in [-0.05, 0) is 25.5 Å². The van der Waals surface area contributed by atoms with E-state index in [0.717, 1.165) is 0 Å². The van der Waals surface area contributed by atoms with Gasteiger partial charge in [0.05, 0.1) is 12.8 Å². The van der Waals surface area contributed by atoms with Crippen molar-refractivity contribution >= 4 is 45.2 Å². The second kappa shape index (κ2) is 10.0. The quantitative estimate of drug-likeness (QED) is 0.534. The molecule has 0 radical (unpaired) electrons. The fourth-order valence-electron chi connectivity index (χ4n) is 2.25. The van der Waals surface area contributed by atoms with Gasteiger partial charge >= 0.3 is 6.03 Å². The molecule has 1 aromatic heterocycles. The Labute approximate surface area is 173 Å². The first kappa shape index (κ1) is 22.4. The number of ether oxygens (including phenoxy) is 1. The Hall–Kier alpha value is -2.92. The molecule has 2 aromatic rings. The van der Waals surface area contributed by atoms with E-state index in [1.54, 1.807) is 19.1 Å². The van der Waals surface area contributed by atoms with Crippen molar-refractivity contribution < 1.29 is 22.7 Å². The van der Waals surface area contributed by atoms with Gasteiger partial charge in [0.15, 0.2) is 0 Å². The van der Waals surface area contributed by atoms with Crippen LogP contribution < -0.4 is 20.1 Å². The molecule has 0 saturated heterocycles. The van der Waals surface area contributed by atoms with Crippen LogP contribution in [0.2, 0.25) is 0 Å². The third kappa shape index (κ3) is 6.57. The molecule has 0 aliphatic heterocycles. The van der Waals surface area contributed by atoms with E-state index in [4.69, 9.17) is 16.3 Å². The monoisotopic (exact) mass is 441 g/mol. The van der Waals surface area contributed by atoms with Gasteiger partial charge < -0.3 is 10.1 Å². The van der Waals surface area contributed by atoms with E-state index in [0.29, 0.717) is 18.0 Å². The zero-order valence-electron chi connectivity index (χ0n) is 15.7. The molecule has 1 heterocycles. The SMILES string of the molecule is COc1cc(C)nc(NC(=O)NS(=O)(=O)c2ccccc2NC(=O)CCCCl)n1. The molecule has 0 atom stereocenters. The average molecular weight is 442 g/mol. The standard InChI is InChI=1S/C17H20ClN5O5S/c1-11-10-15(28-2)21-16(19-11)22-17(25)23-29(26,27)13-7-4-3-6-12(13)20-14(24)8-5-9-18/h3-4,6-7,10H,5,8-9H2,1-2H3,(H,20,24)(H2,19,21,22,23,25). The Morgan fingerprint density at radius 3 is 2.59 bits per heavy atom. The van der Waals surface area contributed by atoms with Gasteiger partial charge in [-0.3, -0.25) is 10.1 Å². The number of anilines is 2. The number of alkyl halides is 1. The van der Waals surface area contributed by atoms with Crippen molar-refractivity contribution in [1.29, 1.82) is 0 Å². The van der Waals surface area contributed by atoms with Crippen molar-refractivity contribution in [2.45, 2.75) is 24.7 Å². The zero-order chi connectivity index (χ0) is 21.4. The van der Waals surface area contributed by atoms with E-state index in [2.05, 4.69) is 20.6 Å². The lowest BCUT2D eigenvalue weighted by molar-refractivity contribution is -0.116. The fraction of sp³-hybridized carbons (Fsp3) is 0.294. The number of halogens is 1. The first-order valence-corrected chi connectivity index (χ1v) is 10.4. The number of carbonyl (C=O) groups is 2. The minimum Gasteiger partial charge on any atom is -0.481 e. The number of benzene rings is 1. The lowest BCUT2D eigenvalue weighted by Crippen LogP contribution is -2.35. The molecule has 3 N–H and O–H groups in total. The molecule has 10 nitrogen and oxygen atoms in total. The molecule has 12 heteroatoms. The fourth-order valence-corrected chi connectivity index (χ4v) is 3.45. The second-order valence-electron chi connectivity index (χ2n) is 5.77. The summed E-state index contributed by atoms with van der Waals surface area (Å²) in [4.78, 5) is 31.7. The van der Waals surface area contributed by atoms with Crippen molar-refractivity contribution in [1.82, 2.24) is 14.7 Å². The number of nitrogens with one attached hydrogen (secondary N) is 3. The number of nitrogens with zero attached hydrogens (tertiary/aromatic N) is 2. The maximum atomic E-state index is 12.6. The predicted octanol–water partition coefficient (Wildman–Crippen LogP) is 2.26. The third-order valence-corrected chi connectivity index (χ3v) is 5.14. The average Bonchev–Trinajstić information content (AvgIpc) is 2.65. The summed E-state index contributed by atoms with van der Waals surface area (Å²) in [5.41, 5.74) is 0.556. The number of rotatable bonds is 8. The highest BCUT2D eigenvalue weighted by atomic mass is 35.5. The Bertz CT molecular complexity index is 999. The van der Waals surface area contributed by atoms with Gasteiger partial charge in [0, 0.05) is 24.1 Å². The van der Waals surface area contributed by atoms with Gasteiger partial charge in [0.25, 0.3) is 10.0 Å². The Morgan fingerprint density at radius 1 is 1.17 bits per heavy atom. The van der Waals surface area contributed by atoms with Gasteiger partial charge in [-0.15, -0.1) is 11.6 Å².